The topological polar surface area (TPSA) is 78.9 Å². The third-order valence-electron chi connectivity index (χ3n) is 4.47. The van der Waals surface area contributed by atoms with E-state index in [1.807, 2.05) is 6.92 Å². The molecule has 3 saturated heterocycles. The highest BCUT2D eigenvalue weighted by Crippen LogP contribution is 2.48. The predicted molar refractivity (Wildman–Crippen MR) is 64.8 cm³/mol. The van der Waals surface area contributed by atoms with Crippen LogP contribution in [0.15, 0.2) is 0 Å². The summed E-state index contributed by atoms with van der Waals surface area (Å²) in [6, 6.07) is 0. The zero-order chi connectivity index (χ0) is 14.0. The van der Waals surface area contributed by atoms with Gasteiger partial charge in [-0.05, 0) is 26.7 Å². The average Bonchev–Trinajstić information content (AvgIpc) is 2.92. The Hall–Kier alpha value is -0.660. The van der Waals surface area contributed by atoms with Crippen molar-refractivity contribution in [1.29, 1.82) is 0 Å². The highest BCUT2D eigenvalue weighted by molar-refractivity contribution is 7.87. The summed E-state index contributed by atoms with van der Waals surface area (Å²) in [6.45, 7) is 5.52. The normalized spacial score (nSPS) is 42.6. The maximum atomic E-state index is 12.1. The van der Waals surface area contributed by atoms with Crippen LogP contribution in [0.5, 0.6) is 0 Å². The van der Waals surface area contributed by atoms with Crippen LogP contribution in [0.4, 0.5) is 0 Å². The first kappa shape index (κ1) is 13.3. The van der Waals surface area contributed by atoms with Crippen molar-refractivity contribution in [3.8, 4) is 0 Å². The first-order chi connectivity index (χ1) is 8.76. The SMILES string of the molecule is CCC(C)(C)C(=O)OC1C2CC3C(O2)C1OS3(=O)=O. The Morgan fingerprint density at radius 2 is 2.05 bits per heavy atom. The largest absolute Gasteiger partial charge is 0.456 e. The molecule has 5 unspecified atom stereocenters. The van der Waals surface area contributed by atoms with Gasteiger partial charge in [0.2, 0.25) is 0 Å². The molecule has 0 saturated carbocycles. The van der Waals surface area contributed by atoms with Gasteiger partial charge in [-0.15, -0.1) is 0 Å². The Bertz CT molecular complexity index is 510. The lowest BCUT2D eigenvalue weighted by Gasteiger charge is -2.27. The molecule has 19 heavy (non-hydrogen) atoms. The molecular weight excluding hydrogens is 272 g/mol. The van der Waals surface area contributed by atoms with E-state index in [1.165, 1.54) is 0 Å². The van der Waals surface area contributed by atoms with E-state index in [0.29, 0.717) is 12.8 Å². The van der Waals surface area contributed by atoms with Crippen molar-refractivity contribution in [1.82, 2.24) is 0 Å². The summed E-state index contributed by atoms with van der Waals surface area (Å²) in [6.07, 6.45) is -1.08. The smallest absolute Gasteiger partial charge is 0.311 e. The fourth-order valence-corrected chi connectivity index (χ4v) is 4.44. The van der Waals surface area contributed by atoms with Gasteiger partial charge in [0.1, 0.15) is 17.5 Å². The van der Waals surface area contributed by atoms with Gasteiger partial charge in [-0.3, -0.25) is 8.98 Å². The summed E-state index contributed by atoms with van der Waals surface area (Å²) in [7, 11) is -3.56. The van der Waals surface area contributed by atoms with Crippen LogP contribution in [-0.4, -0.2) is 44.1 Å². The van der Waals surface area contributed by atoms with Crippen molar-refractivity contribution in [2.75, 3.05) is 0 Å². The molecule has 3 fully saturated rings. The first-order valence-electron chi connectivity index (χ1n) is 6.55. The molecule has 2 bridgehead atoms. The van der Waals surface area contributed by atoms with E-state index in [-0.39, 0.29) is 12.1 Å². The Morgan fingerprint density at radius 3 is 2.68 bits per heavy atom. The van der Waals surface area contributed by atoms with Crippen LogP contribution >= 0.6 is 0 Å². The van der Waals surface area contributed by atoms with Gasteiger partial charge < -0.3 is 9.47 Å². The minimum Gasteiger partial charge on any atom is -0.456 e. The average molecular weight is 290 g/mol. The summed E-state index contributed by atoms with van der Waals surface area (Å²) >= 11 is 0. The van der Waals surface area contributed by atoms with Crippen LogP contribution in [0.3, 0.4) is 0 Å². The Morgan fingerprint density at radius 1 is 1.37 bits per heavy atom. The molecule has 5 atom stereocenters. The van der Waals surface area contributed by atoms with Gasteiger partial charge in [0, 0.05) is 0 Å². The molecule has 0 N–H and O–H groups in total. The van der Waals surface area contributed by atoms with Gasteiger partial charge in [-0.25, -0.2) is 0 Å². The molecule has 0 aliphatic carbocycles. The van der Waals surface area contributed by atoms with Crippen molar-refractivity contribution in [3.05, 3.63) is 0 Å². The van der Waals surface area contributed by atoms with E-state index in [4.69, 9.17) is 13.7 Å². The number of hydrogen-bond acceptors (Lipinski definition) is 6. The Labute approximate surface area is 112 Å². The molecule has 3 heterocycles. The molecule has 0 aromatic rings. The lowest BCUT2D eigenvalue weighted by molar-refractivity contribution is -0.165. The number of carbonyl (C=O) groups excluding carboxylic acids is 1. The van der Waals surface area contributed by atoms with Crippen LogP contribution in [-0.2, 0) is 28.6 Å². The molecule has 7 heteroatoms. The maximum absolute atomic E-state index is 12.1. The number of esters is 1. The summed E-state index contributed by atoms with van der Waals surface area (Å²) in [5.74, 6) is -0.333. The number of hydrogen-bond donors (Lipinski definition) is 0. The first-order valence-corrected chi connectivity index (χ1v) is 8.02. The second kappa shape index (κ2) is 3.93. The van der Waals surface area contributed by atoms with Crippen molar-refractivity contribution in [2.24, 2.45) is 5.41 Å². The third kappa shape index (κ3) is 1.82. The second-order valence-electron chi connectivity index (χ2n) is 6.07. The molecule has 0 amide bonds. The van der Waals surface area contributed by atoms with Crippen molar-refractivity contribution in [2.45, 2.75) is 63.3 Å². The second-order valence-corrected chi connectivity index (χ2v) is 7.86. The highest BCUT2D eigenvalue weighted by Gasteiger charge is 2.67. The molecule has 3 rings (SSSR count). The number of ether oxygens (including phenoxy) is 2. The third-order valence-corrected chi connectivity index (χ3v) is 6.17. The van der Waals surface area contributed by atoms with Gasteiger partial charge in [-0.2, -0.15) is 8.42 Å². The van der Waals surface area contributed by atoms with E-state index in [2.05, 4.69) is 0 Å². The molecule has 3 aliphatic rings. The molecule has 0 spiro atoms. The summed E-state index contributed by atoms with van der Waals surface area (Å²) in [5.41, 5.74) is -0.585. The zero-order valence-corrected chi connectivity index (χ0v) is 12.0. The minimum absolute atomic E-state index is 0.333. The van der Waals surface area contributed by atoms with Gasteiger partial charge in [-0.1, -0.05) is 6.92 Å². The lowest BCUT2D eigenvalue weighted by atomic mass is 9.89. The summed E-state index contributed by atoms with van der Waals surface area (Å²) in [5, 5.41) is -0.586. The van der Waals surface area contributed by atoms with Gasteiger partial charge in [0.05, 0.1) is 11.5 Å². The predicted octanol–water partition coefficient (Wildman–Crippen LogP) is 0.603. The molecule has 6 nitrogen and oxygen atoms in total. The standard InChI is InChI=1S/C12H18O6S/c1-4-12(2,3)11(13)17-8-6-5-7-9(16-6)10(8)18-19(7,14)15/h6-10H,4-5H2,1-3H3. The van der Waals surface area contributed by atoms with E-state index in [9.17, 15) is 13.2 Å². The van der Waals surface area contributed by atoms with E-state index in [1.54, 1.807) is 13.8 Å². The minimum atomic E-state index is -3.56. The van der Waals surface area contributed by atoms with Crippen LogP contribution in [0.1, 0.15) is 33.6 Å². The Balaban J connectivity index is 1.77. The van der Waals surface area contributed by atoms with Crippen molar-refractivity contribution >= 4 is 16.1 Å². The van der Waals surface area contributed by atoms with Crippen LogP contribution in [0.2, 0.25) is 0 Å². The molecule has 0 aromatic carbocycles. The number of rotatable bonds is 3. The van der Waals surface area contributed by atoms with Crippen molar-refractivity contribution < 1.29 is 26.9 Å². The fourth-order valence-electron chi connectivity index (χ4n) is 2.80. The van der Waals surface area contributed by atoms with E-state index in [0.717, 1.165) is 0 Å². The van der Waals surface area contributed by atoms with Crippen LogP contribution in [0, 0.1) is 5.41 Å². The quantitative estimate of drug-likeness (QED) is 0.559. The zero-order valence-electron chi connectivity index (χ0n) is 11.2. The fraction of sp³-hybridized carbons (Fsp3) is 0.917. The molecular formula is C12H18O6S. The number of fused-ring (bicyclic) bond motifs is 1. The van der Waals surface area contributed by atoms with Crippen molar-refractivity contribution in [3.63, 3.8) is 0 Å². The van der Waals surface area contributed by atoms with E-state index < -0.39 is 39.1 Å². The molecule has 108 valence electrons. The summed E-state index contributed by atoms with van der Waals surface area (Å²) < 4.78 is 39.5. The van der Waals surface area contributed by atoms with Gasteiger partial charge in [0.15, 0.2) is 6.10 Å². The van der Waals surface area contributed by atoms with E-state index >= 15 is 0 Å². The monoisotopic (exact) mass is 290 g/mol. The Kier molecular flexibility index (Phi) is 2.75. The number of carbonyl (C=O) groups is 1. The highest BCUT2D eigenvalue weighted by atomic mass is 32.2. The van der Waals surface area contributed by atoms with Crippen LogP contribution < -0.4 is 0 Å². The van der Waals surface area contributed by atoms with Crippen LogP contribution in [0.25, 0.3) is 0 Å². The van der Waals surface area contributed by atoms with Gasteiger partial charge in [0.25, 0.3) is 10.1 Å². The summed E-state index contributed by atoms with van der Waals surface area (Å²) in [4.78, 5) is 12.1. The molecule has 0 aromatic heterocycles. The molecule has 0 radical (unpaired) electrons. The van der Waals surface area contributed by atoms with Gasteiger partial charge >= 0.3 is 5.97 Å². The molecule has 3 aliphatic heterocycles. The lowest BCUT2D eigenvalue weighted by Crippen LogP contribution is -2.43. The maximum Gasteiger partial charge on any atom is 0.311 e.